The van der Waals surface area contributed by atoms with Crippen LogP contribution in [0.5, 0.6) is 5.75 Å². The Morgan fingerprint density at radius 1 is 1.21 bits per heavy atom. The molecule has 5 aromatic rings. The lowest BCUT2D eigenvalue weighted by Crippen LogP contribution is -2.34. The molecular formula is C26H17ClF2N6O4. The van der Waals surface area contributed by atoms with Gasteiger partial charge in [-0.2, -0.15) is 14.0 Å². The quantitative estimate of drug-likeness (QED) is 0.296. The molecule has 1 unspecified atom stereocenters. The zero-order valence-corrected chi connectivity index (χ0v) is 20.5. The van der Waals surface area contributed by atoms with E-state index in [2.05, 4.69) is 15.3 Å². The van der Waals surface area contributed by atoms with Crippen molar-refractivity contribution in [1.29, 1.82) is 5.26 Å². The first-order valence-corrected chi connectivity index (χ1v) is 11.7. The second-order valence-electron chi connectivity index (χ2n) is 8.26. The number of benzene rings is 1. The van der Waals surface area contributed by atoms with Crippen LogP contribution in [0, 0.1) is 11.3 Å². The molecule has 1 amide bonds. The largest absolute Gasteiger partial charge is 0.448 e. The van der Waals surface area contributed by atoms with Gasteiger partial charge in [0.15, 0.2) is 6.39 Å². The molecule has 1 N–H and O–H groups in total. The van der Waals surface area contributed by atoms with Crippen molar-refractivity contribution in [3.8, 4) is 22.9 Å². The first-order valence-electron chi connectivity index (χ1n) is 11.3. The summed E-state index contributed by atoms with van der Waals surface area (Å²) >= 11 is 6.07. The van der Waals surface area contributed by atoms with Crippen molar-refractivity contribution >= 4 is 28.8 Å². The Labute approximate surface area is 223 Å². The minimum Gasteiger partial charge on any atom is -0.448 e. The molecule has 39 heavy (non-hydrogen) atoms. The lowest BCUT2D eigenvalue weighted by Gasteiger charge is -2.21. The number of hydrogen-bond acceptors (Lipinski definition) is 7. The summed E-state index contributed by atoms with van der Waals surface area (Å²) < 4.78 is 39.6. The lowest BCUT2D eigenvalue weighted by atomic mass is 10.00. The van der Waals surface area contributed by atoms with Crippen LogP contribution in [0.25, 0.3) is 16.8 Å². The summed E-state index contributed by atoms with van der Waals surface area (Å²) in [6.45, 7) is -3.26. The van der Waals surface area contributed by atoms with Crippen molar-refractivity contribution < 1.29 is 22.7 Å². The Hall–Kier alpha value is -5.02. The topological polar surface area (TPSA) is 127 Å². The van der Waals surface area contributed by atoms with Crippen LogP contribution in [-0.2, 0) is 11.2 Å². The average molecular weight is 551 g/mol. The number of rotatable bonds is 8. The molecule has 1 aromatic carbocycles. The number of hydrogen-bond donors (Lipinski definition) is 1. The number of carbonyl (C=O) groups is 1. The first-order chi connectivity index (χ1) is 18.8. The summed E-state index contributed by atoms with van der Waals surface area (Å²) in [5.41, 5.74) is 0.459. The maximum Gasteiger partial charge on any atom is 0.387 e. The van der Waals surface area contributed by atoms with E-state index in [1.54, 1.807) is 35.1 Å². The highest BCUT2D eigenvalue weighted by Gasteiger charge is 2.27. The molecule has 0 saturated carbocycles. The molecule has 13 heteroatoms. The number of nitrogens with one attached hydrogen (secondary N) is 1. The zero-order chi connectivity index (χ0) is 27.5. The van der Waals surface area contributed by atoms with Gasteiger partial charge in [-0.3, -0.25) is 14.2 Å². The van der Waals surface area contributed by atoms with E-state index in [4.69, 9.17) is 20.8 Å². The SMILES string of the molecule is N#Cc1ccc(Cl)cc1-c1cc(=O)n(C(Cc2cnco2)C(=O)Nc2ccc3nccn3c2)cc1OC(F)F. The van der Waals surface area contributed by atoms with Crippen LogP contribution < -0.4 is 15.6 Å². The first kappa shape index (κ1) is 25.6. The van der Waals surface area contributed by atoms with Crippen LogP contribution in [0.15, 0.2) is 83.0 Å². The van der Waals surface area contributed by atoms with Crippen LogP contribution in [0.1, 0.15) is 17.4 Å². The number of imidazole rings is 1. The maximum absolute atomic E-state index is 13.5. The fourth-order valence-electron chi connectivity index (χ4n) is 4.08. The number of aromatic nitrogens is 4. The fourth-order valence-corrected chi connectivity index (χ4v) is 4.25. The fraction of sp³-hybridized carbons (Fsp3) is 0.115. The summed E-state index contributed by atoms with van der Waals surface area (Å²) in [5.74, 6) is -0.795. The van der Waals surface area contributed by atoms with Gasteiger partial charge in [0.05, 0.1) is 29.7 Å². The van der Waals surface area contributed by atoms with Gasteiger partial charge in [-0.25, -0.2) is 9.97 Å². The number of halogens is 3. The molecule has 4 aromatic heterocycles. The molecule has 0 spiro atoms. The third kappa shape index (κ3) is 5.48. The van der Waals surface area contributed by atoms with Crippen molar-refractivity contribution in [1.82, 2.24) is 18.9 Å². The van der Waals surface area contributed by atoms with Gasteiger partial charge in [-0.05, 0) is 30.3 Å². The van der Waals surface area contributed by atoms with Crippen LogP contribution in [0.4, 0.5) is 14.5 Å². The smallest absolute Gasteiger partial charge is 0.387 e. The molecule has 196 valence electrons. The number of carbonyl (C=O) groups excluding carboxylic acids is 1. The Morgan fingerprint density at radius 2 is 2.05 bits per heavy atom. The molecule has 0 aliphatic rings. The Balaban J connectivity index is 1.60. The number of alkyl halides is 2. The van der Waals surface area contributed by atoms with Gasteiger partial charge in [0.25, 0.3) is 5.56 Å². The van der Waals surface area contributed by atoms with Gasteiger partial charge >= 0.3 is 6.61 Å². The highest BCUT2D eigenvalue weighted by Crippen LogP contribution is 2.34. The number of nitriles is 1. The number of anilines is 1. The Kier molecular flexibility index (Phi) is 7.07. The molecule has 0 fully saturated rings. The summed E-state index contributed by atoms with van der Waals surface area (Å²) in [5, 5.41) is 12.5. The van der Waals surface area contributed by atoms with Crippen molar-refractivity contribution in [3.05, 3.63) is 100 Å². The summed E-state index contributed by atoms with van der Waals surface area (Å²) in [6, 6.07) is 9.24. The summed E-state index contributed by atoms with van der Waals surface area (Å²) in [4.78, 5) is 34.8. The number of amides is 1. The van der Waals surface area contributed by atoms with E-state index in [1.165, 1.54) is 24.4 Å². The van der Waals surface area contributed by atoms with E-state index in [1.807, 2.05) is 6.07 Å². The lowest BCUT2D eigenvalue weighted by molar-refractivity contribution is -0.119. The number of fused-ring (bicyclic) bond motifs is 1. The second-order valence-corrected chi connectivity index (χ2v) is 8.70. The van der Waals surface area contributed by atoms with E-state index >= 15 is 0 Å². The van der Waals surface area contributed by atoms with Crippen LogP contribution in [0.2, 0.25) is 5.02 Å². The molecule has 0 saturated heterocycles. The predicted octanol–water partition coefficient (Wildman–Crippen LogP) is 4.70. The average Bonchev–Trinajstić information content (AvgIpc) is 3.60. The molecule has 0 aliphatic carbocycles. The van der Waals surface area contributed by atoms with Crippen LogP contribution in [-0.4, -0.2) is 31.5 Å². The third-order valence-electron chi connectivity index (χ3n) is 5.83. The predicted molar refractivity (Wildman–Crippen MR) is 136 cm³/mol. The van der Waals surface area contributed by atoms with Crippen LogP contribution in [0.3, 0.4) is 0 Å². The van der Waals surface area contributed by atoms with Crippen molar-refractivity contribution in [2.75, 3.05) is 5.32 Å². The second kappa shape index (κ2) is 10.8. The number of pyridine rings is 2. The van der Waals surface area contributed by atoms with E-state index in [0.29, 0.717) is 11.3 Å². The number of ether oxygens (including phenoxy) is 1. The van der Waals surface area contributed by atoms with Crippen molar-refractivity contribution in [2.45, 2.75) is 19.1 Å². The molecule has 0 bridgehead atoms. The molecule has 5 rings (SSSR count). The highest BCUT2D eigenvalue weighted by atomic mass is 35.5. The van der Waals surface area contributed by atoms with Gasteiger partial charge in [0.1, 0.15) is 23.2 Å². The van der Waals surface area contributed by atoms with Gasteiger partial charge in [-0.15, -0.1) is 0 Å². The van der Waals surface area contributed by atoms with Gasteiger partial charge in [-0.1, -0.05) is 11.6 Å². The Morgan fingerprint density at radius 3 is 2.79 bits per heavy atom. The highest BCUT2D eigenvalue weighted by molar-refractivity contribution is 6.31. The number of oxazole rings is 1. The standard InChI is InChI=1S/C26H17ClF2N6O4/c27-16-2-1-15(10-30)19(7-16)20-9-24(36)35(13-22(20)39-26(28)29)21(8-18-11-31-14-38-18)25(37)33-17-3-4-23-32-5-6-34(23)12-17/h1-7,9,11-14,21,26H,8H2,(H,33,37). The van der Waals surface area contributed by atoms with Crippen molar-refractivity contribution in [3.63, 3.8) is 0 Å². The zero-order valence-electron chi connectivity index (χ0n) is 19.8. The Bertz CT molecular complexity index is 1760. The molecule has 1 atom stereocenters. The molecule has 4 heterocycles. The van der Waals surface area contributed by atoms with Crippen molar-refractivity contribution in [2.24, 2.45) is 0 Å². The van der Waals surface area contributed by atoms with Gasteiger partial charge < -0.3 is 18.9 Å². The molecular weight excluding hydrogens is 534 g/mol. The maximum atomic E-state index is 13.5. The minimum atomic E-state index is -3.26. The normalized spacial score (nSPS) is 11.9. The van der Waals surface area contributed by atoms with Crippen LogP contribution >= 0.6 is 11.6 Å². The molecule has 0 aliphatic heterocycles. The van der Waals surface area contributed by atoms with Gasteiger partial charge in [0.2, 0.25) is 5.91 Å². The monoisotopic (exact) mass is 550 g/mol. The van der Waals surface area contributed by atoms with E-state index in [0.717, 1.165) is 23.2 Å². The van der Waals surface area contributed by atoms with Gasteiger partial charge in [0, 0.05) is 47.2 Å². The minimum absolute atomic E-state index is 0.0833. The summed E-state index contributed by atoms with van der Waals surface area (Å²) in [7, 11) is 0. The van der Waals surface area contributed by atoms with E-state index in [-0.39, 0.29) is 33.9 Å². The molecule has 10 nitrogen and oxygen atoms in total. The third-order valence-corrected chi connectivity index (χ3v) is 6.06. The summed E-state index contributed by atoms with van der Waals surface area (Å²) in [6.07, 6.45) is 8.33. The number of nitrogens with zero attached hydrogens (tertiary/aromatic N) is 5. The van der Waals surface area contributed by atoms with E-state index in [9.17, 15) is 23.6 Å². The molecule has 0 radical (unpaired) electrons. The van der Waals surface area contributed by atoms with E-state index < -0.39 is 29.9 Å².